The van der Waals surface area contributed by atoms with Gasteiger partial charge in [-0.3, -0.25) is 0 Å². The van der Waals surface area contributed by atoms with Crippen LogP contribution in [0.2, 0.25) is 0 Å². The minimum absolute atomic E-state index is 0.320. The Bertz CT molecular complexity index is 352. The van der Waals surface area contributed by atoms with Crippen molar-refractivity contribution in [2.75, 3.05) is 18.5 Å². The van der Waals surface area contributed by atoms with E-state index in [-0.39, 0.29) is 5.13 Å². The Hall–Kier alpha value is -1.03. The summed E-state index contributed by atoms with van der Waals surface area (Å²) in [6.07, 6.45) is -4.70. The molecule has 0 bridgehead atoms. The molecule has 1 aromatic rings. The number of aliphatic hydroxyl groups is 1. The Balaban J connectivity index is 2.60. The number of halogens is 5. The first kappa shape index (κ1) is 13.0. The molecule has 0 aromatic carbocycles. The Morgan fingerprint density at radius 2 is 1.88 bits per heavy atom. The van der Waals surface area contributed by atoms with Gasteiger partial charge in [0, 0.05) is 11.5 Å². The molecule has 0 spiro atoms. The van der Waals surface area contributed by atoms with Gasteiger partial charge in [0.2, 0.25) is 11.0 Å². The van der Waals surface area contributed by atoms with Gasteiger partial charge in [-0.15, -0.1) is 0 Å². The highest BCUT2D eigenvalue weighted by molar-refractivity contribution is 7.09. The normalized spacial score (nSPS) is 12.9. The highest BCUT2D eigenvalue weighted by atomic mass is 32.1. The van der Waals surface area contributed by atoms with E-state index >= 15 is 0 Å². The maximum atomic E-state index is 12.5. The average Bonchev–Trinajstić information content (AvgIpc) is 2.63. The number of aliphatic hydroxyl groups excluding tert-OH is 1. The van der Waals surface area contributed by atoms with E-state index in [1.807, 2.05) is 5.32 Å². The predicted octanol–water partition coefficient (Wildman–Crippen LogP) is 1.60. The first-order chi connectivity index (χ1) is 7.24. The average molecular weight is 263 g/mol. The van der Waals surface area contributed by atoms with E-state index in [4.69, 9.17) is 5.11 Å². The third kappa shape index (κ3) is 3.52. The lowest BCUT2D eigenvalue weighted by Crippen LogP contribution is -2.31. The van der Waals surface area contributed by atoms with Crippen molar-refractivity contribution in [2.24, 2.45) is 0 Å². The number of anilines is 1. The van der Waals surface area contributed by atoms with Crippen LogP contribution in [-0.4, -0.2) is 33.5 Å². The lowest BCUT2D eigenvalue weighted by atomic mass is 10.4. The van der Waals surface area contributed by atoms with Crippen molar-refractivity contribution in [1.29, 1.82) is 0 Å². The fourth-order valence-corrected chi connectivity index (χ4v) is 1.25. The summed E-state index contributed by atoms with van der Waals surface area (Å²) in [6, 6.07) is 0. The molecule has 4 nitrogen and oxygen atoms in total. The standard InChI is InChI=1S/C6H6F5N3OS/c7-5(8,2-15)1-12-4-13-3(14-16-4)6(9,10)11/h15H,1-2H2,(H,12,13,14). The van der Waals surface area contributed by atoms with Gasteiger partial charge in [0.1, 0.15) is 6.61 Å². The molecule has 0 aliphatic heterocycles. The molecular weight excluding hydrogens is 257 g/mol. The van der Waals surface area contributed by atoms with Crippen LogP contribution in [0.1, 0.15) is 5.82 Å². The quantitative estimate of drug-likeness (QED) is 0.810. The Labute approximate surface area is 90.3 Å². The van der Waals surface area contributed by atoms with Crippen LogP contribution in [0.15, 0.2) is 0 Å². The second-order valence-electron chi connectivity index (χ2n) is 2.79. The maximum Gasteiger partial charge on any atom is 0.452 e. The number of hydrogen-bond donors (Lipinski definition) is 2. The molecule has 0 saturated carbocycles. The van der Waals surface area contributed by atoms with Crippen molar-refractivity contribution < 1.29 is 27.1 Å². The fourth-order valence-electron chi connectivity index (χ4n) is 0.671. The Morgan fingerprint density at radius 1 is 1.25 bits per heavy atom. The SMILES string of the molecule is OCC(F)(F)CNc1nc(C(F)(F)F)ns1. The van der Waals surface area contributed by atoms with E-state index < -0.39 is 31.1 Å². The number of nitrogens with one attached hydrogen (secondary N) is 1. The van der Waals surface area contributed by atoms with Crippen molar-refractivity contribution in [3.05, 3.63) is 5.82 Å². The lowest BCUT2D eigenvalue weighted by Gasteiger charge is -2.12. The molecule has 0 amide bonds. The van der Waals surface area contributed by atoms with Crippen LogP contribution in [0.4, 0.5) is 27.1 Å². The van der Waals surface area contributed by atoms with E-state index in [0.29, 0.717) is 11.5 Å². The zero-order valence-corrected chi connectivity index (χ0v) is 8.37. The zero-order chi connectivity index (χ0) is 12.4. The maximum absolute atomic E-state index is 12.5. The summed E-state index contributed by atoms with van der Waals surface area (Å²) >= 11 is 0.320. The molecule has 1 heterocycles. The van der Waals surface area contributed by atoms with Crippen LogP contribution in [0.3, 0.4) is 0 Å². The summed E-state index contributed by atoms with van der Waals surface area (Å²) in [7, 11) is 0. The topological polar surface area (TPSA) is 58.0 Å². The number of nitrogens with zero attached hydrogens (tertiary/aromatic N) is 2. The molecule has 92 valence electrons. The molecule has 1 aromatic heterocycles. The number of aromatic nitrogens is 2. The number of rotatable bonds is 4. The van der Waals surface area contributed by atoms with E-state index in [1.165, 1.54) is 0 Å². The number of alkyl halides is 5. The van der Waals surface area contributed by atoms with Gasteiger partial charge in [0.15, 0.2) is 0 Å². The summed E-state index contributed by atoms with van der Waals surface area (Å²) in [5, 5.41) is 9.79. The van der Waals surface area contributed by atoms with Gasteiger partial charge in [-0.2, -0.15) is 22.5 Å². The fraction of sp³-hybridized carbons (Fsp3) is 0.667. The van der Waals surface area contributed by atoms with Crippen molar-refractivity contribution >= 4 is 16.7 Å². The van der Waals surface area contributed by atoms with Gasteiger partial charge >= 0.3 is 6.18 Å². The Morgan fingerprint density at radius 3 is 2.31 bits per heavy atom. The first-order valence-corrected chi connectivity index (χ1v) is 4.65. The van der Waals surface area contributed by atoms with E-state index in [0.717, 1.165) is 0 Å². The lowest BCUT2D eigenvalue weighted by molar-refractivity contribution is -0.144. The van der Waals surface area contributed by atoms with Gasteiger partial charge < -0.3 is 10.4 Å². The number of hydrogen-bond acceptors (Lipinski definition) is 5. The monoisotopic (exact) mass is 263 g/mol. The highest BCUT2D eigenvalue weighted by Crippen LogP contribution is 2.29. The van der Waals surface area contributed by atoms with Crippen molar-refractivity contribution in [3.63, 3.8) is 0 Å². The molecule has 0 aliphatic carbocycles. The molecule has 16 heavy (non-hydrogen) atoms. The molecular formula is C6H6F5N3OS. The minimum Gasteiger partial charge on any atom is -0.390 e. The third-order valence-corrected chi connectivity index (χ3v) is 2.08. The van der Waals surface area contributed by atoms with Crippen LogP contribution in [0.5, 0.6) is 0 Å². The third-order valence-electron chi connectivity index (χ3n) is 1.41. The van der Waals surface area contributed by atoms with Crippen molar-refractivity contribution in [2.45, 2.75) is 12.1 Å². The van der Waals surface area contributed by atoms with Crippen LogP contribution in [0.25, 0.3) is 0 Å². The summed E-state index contributed by atoms with van der Waals surface area (Å²) in [5.74, 6) is -4.79. The second kappa shape index (κ2) is 4.45. The van der Waals surface area contributed by atoms with E-state index in [9.17, 15) is 22.0 Å². The van der Waals surface area contributed by atoms with Crippen LogP contribution < -0.4 is 5.32 Å². The summed E-state index contributed by atoms with van der Waals surface area (Å²) in [5.41, 5.74) is 0. The summed E-state index contributed by atoms with van der Waals surface area (Å²) in [6.45, 7) is -2.40. The molecule has 0 saturated heterocycles. The van der Waals surface area contributed by atoms with Gasteiger partial charge in [0.25, 0.3) is 5.92 Å². The molecule has 0 unspecified atom stereocenters. The van der Waals surface area contributed by atoms with Gasteiger partial charge in [-0.1, -0.05) is 0 Å². The largest absolute Gasteiger partial charge is 0.452 e. The minimum atomic E-state index is -4.70. The second-order valence-corrected chi connectivity index (χ2v) is 3.54. The van der Waals surface area contributed by atoms with Gasteiger partial charge in [-0.05, 0) is 0 Å². The molecule has 2 N–H and O–H groups in total. The van der Waals surface area contributed by atoms with Crippen LogP contribution >= 0.6 is 11.5 Å². The molecule has 0 fully saturated rings. The van der Waals surface area contributed by atoms with E-state index in [2.05, 4.69) is 9.36 Å². The smallest absolute Gasteiger partial charge is 0.390 e. The zero-order valence-electron chi connectivity index (χ0n) is 7.55. The van der Waals surface area contributed by atoms with Crippen LogP contribution in [0, 0.1) is 0 Å². The Kier molecular flexibility index (Phi) is 3.63. The molecule has 0 aliphatic rings. The highest BCUT2D eigenvalue weighted by Gasteiger charge is 2.36. The van der Waals surface area contributed by atoms with Gasteiger partial charge in [-0.25, -0.2) is 8.78 Å². The summed E-state index contributed by atoms with van der Waals surface area (Å²) < 4.78 is 64.0. The van der Waals surface area contributed by atoms with Crippen molar-refractivity contribution in [3.8, 4) is 0 Å². The van der Waals surface area contributed by atoms with Gasteiger partial charge in [0.05, 0.1) is 6.54 Å². The predicted molar refractivity (Wildman–Crippen MR) is 45.4 cm³/mol. The first-order valence-electron chi connectivity index (χ1n) is 3.88. The molecule has 10 heteroatoms. The van der Waals surface area contributed by atoms with Crippen molar-refractivity contribution in [1.82, 2.24) is 9.36 Å². The van der Waals surface area contributed by atoms with E-state index in [1.54, 1.807) is 0 Å². The molecule has 0 radical (unpaired) electrons. The summed E-state index contributed by atoms with van der Waals surface area (Å²) in [4.78, 5) is 2.98. The molecule has 0 atom stereocenters. The molecule has 1 rings (SSSR count). The van der Waals surface area contributed by atoms with Crippen LogP contribution in [-0.2, 0) is 6.18 Å².